The third-order valence-electron chi connectivity index (χ3n) is 4.27. The van der Waals surface area contributed by atoms with Gasteiger partial charge >= 0.3 is 0 Å². The van der Waals surface area contributed by atoms with E-state index in [1.807, 2.05) is 30.3 Å². The summed E-state index contributed by atoms with van der Waals surface area (Å²) in [6.07, 6.45) is 2.13. The molecule has 0 unspecified atom stereocenters. The van der Waals surface area contributed by atoms with Gasteiger partial charge in [-0.05, 0) is 18.9 Å². The Hall–Kier alpha value is -2.50. The van der Waals surface area contributed by atoms with Gasteiger partial charge in [0.05, 0.1) is 19.3 Å². The van der Waals surface area contributed by atoms with Crippen molar-refractivity contribution in [2.45, 2.75) is 45.7 Å². The van der Waals surface area contributed by atoms with Crippen LogP contribution in [-0.2, 0) is 13.1 Å². The number of aromatic nitrogens is 1. The molecule has 1 heterocycles. The third kappa shape index (κ3) is 5.24. The van der Waals surface area contributed by atoms with E-state index in [4.69, 9.17) is 9.26 Å². The number of ether oxygens (including phenoxy) is 1. The average Bonchev–Trinajstić information content (AvgIpc) is 3.12. The van der Waals surface area contributed by atoms with Crippen molar-refractivity contribution in [3.05, 3.63) is 47.3 Å². The zero-order chi connectivity index (χ0) is 18.1. The van der Waals surface area contributed by atoms with Gasteiger partial charge in [0.25, 0.3) is 0 Å². The number of para-hydroxylation sites is 1. The molecule has 1 aromatic carbocycles. The van der Waals surface area contributed by atoms with Crippen molar-refractivity contribution in [3.8, 4) is 5.75 Å². The Labute approximate surface area is 149 Å². The molecule has 6 heteroatoms. The van der Waals surface area contributed by atoms with Crippen molar-refractivity contribution in [1.82, 2.24) is 15.8 Å². The van der Waals surface area contributed by atoms with Crippen molar-refractivity contribution in [2.24, 2.45) is 4.99 Å². The van der Waals surface area contributed by atoms with E-state index in [-0.39, 0.29) is 0 Å². The van der Waals surface area contributed by atoms with Crippen LogP contribution in [-0.4, -0.2) is 25.3 Å². The van der Waals surface area contributed by atoms with Crippen LogP contribution in [0.3, 0.4) is 0 Å². The zero-order valence-corrected chi connectivity index (χ0v) is 15.5. The number of guanidine groups is 1. The highest BCUT2D eigenvalue weighted by atomic mass is 16.5. The van der Waals surface area contributed by atoms with Crippen LogP contribution in [0.15, 0.2) is 39.8 Å². The maximum absolute atomic E-state index is 5.43. The number of rotatable bonds is 8. The van der Waals surface area contributed by atoms with Gasteiger partial charge in [0.2, 0.25) is 0 Å². The predicted octanol–water partition coefficient (Wildman–Crippen LogP) is 3.45. The van der Waals surface area contributed by atoms with Gasteiger partial charge in [-0.15, -0.1) is 0 Å². The molecule has 0 amide bonds. The second-order valence-electron chi connectivity index (χ2n) is 5.82. The molecule has 0 aliphatic heterocycles. The molecule has 0 radical (unpaired) electrons. The molecule has 2 N–H and O–H groups in total. The van der Waals surface area contributed by atoms with Crippen molar-refractivity contribution in [2.75, 3.05) is 14.2 Å². The summed E-state index contributed by atoms with van der Waals surface area (Å²) in [5, 5.41) is 10.7. The molecule has 2 aromatic rings. The summed E-state index contributed by atoms with van der Waals surface area (Å²) >= 11 is 0. The van der Waals surface area contributed by atoms with Gasteiger partial charge in [-0.1, -0.05) is 37.2 Å². The van der Waals surface area contributed by atoms with E-state index in [0.29, 0.717) is 25.0 Å². The maximum atomic E-state index is 5.43. The number of nitrogens with zero attached hydrogens (tertiary/aromatic N) is 2. The summed E-state index contributed by atoms with van der Waals surface area (Å²) in [5.74, 6) is 2.82. The Morgan fingerprint density at radius 3 is 2.60 bits per heavy atom. The highest BCUT2D eigenvalue weighted by Gasteiger charge is 2.13. The van der Waals surface area contributed by atoms with Gasteiger partial charge in [-0.25, -0.2) is 0 Å². The number of hydrogen-bond donors (Lipinski definition) is 2. The van der Waals surface area contributed by atoms with Crippen LogP contribution in [0.1, 0.15) is 49.6 Å². The maximum Gasteiger partial charge on any atom is 0.191 e. The normalized spacial score (nSPS) is 11.6. The summed E-state index contributed by atoms with van der Waals surface area (Å²) in [4.78, 5) is 4.24. The van der Waals surface area contributed by atoms with Gasteiger partial charge < -0.3 is 19.9 Å². The fraction of sp³-hybridized carbons (Fsp3) is 0.474. The second kappa shape index (κ2) is 9.71. The molecule has 25 heavy (non-hydrogen) atoms. The third-order valence-corrected chi connectivity index (χ3v) is 4.27. The summed E-state index contributed by atoms with van der Waals surface area (Å²) < 4.78 is 10.8. The van der Waals surface area contributed by atoms with Gasteiger partial charge in [0.1, 0.15) is 5.75 Å². The Bertz CT molecular complexity index is 678. The summed E-state index contributed by atoms with van der Waals surface area (Å²) in [6, 6.07) is 9.94. The number of methoxy groups -OCH3 is 1. The first kappa shape index (κ1) is 18.8. The van der Waals surface area contributed by atoms with E-state index >= 15 is 0 Å². The largest absolute Gasteiger partial charge is 0.496 e. The van der Waals surface area contributed by atoms with Crippen LogP contribution in [0, 0.1) is 0 Å². The lowest BCUT2D eigenvalue weighted by molar-refractivity contribution is 0.368. The van der Waals surface area contributed by atoms with Crippen LogP contribution in [0.4, 0.5) is 0 Å². The van der Waals surface area contributed by atoms with Crippen molar-refractivity contribution < 1.29 is 9.26 Å². The molecule has 0 spiro atoms. The van der Waals surface area contributed by atoms with Crippen LogP contribution in [0.2, 0.25) is 0 Å². The van der Waals surface area contributed by atoms with Gasteiger partial charge in [0, 0.05) is 31.1 Å². The van der Waals surface area contributed by atoms with E-state index in [1.54, 1.807) is 14.2 Å². The lowest BCUT2D eigenvalue weighted by Crippen LogP contribution is -2.36. The van der Waals surface area contributed by atoms with Crippen LogP contribution in [0.5, 0.6) is 5.75 Å². The molecule has 136 valence electrons. The topological polar surface area (TPSA) is 71.7 Å². The lowest BCUT2D eigenvalue weighted by Gasteiger charge is -2.12. The van der Waals surface area contributed by atoms with Crippen LogP contribution < -0.4 is 15.4 Å². The van der Waals surface area contributed by atoms with Crippen molar-refractivity contribution in [3.63, 3.8) is 0 Å². The molecule has 0 bridgehead atoms. The fourth-order valence-electron chi connectivity index (χ4n) is 2.73. The van der Waals surface area contributed by atoms with E-state index in [9.17, 15) is 0 Å². The van der Waals surface area contributed by atoms with E-state index < -0.39 is 0 Å². The average molecular weight is 344 g/mol. The minimum atomic E-state index is 0.459. The first-order valence-electron chi connectivity index (χ1n) is 8.73. The number of hydrogen-bond acceptors (Lipinski definition) is 4. The fourth-order valence-corrected chi connectivity index (χ4v) is 2.73. The summed E-state index contributed by atoms with van der Waals surface area (Å²) in [6.45, 7) is 5.51. The highest BCUT2D eigenvalue weighted by Crippen LogP contribution is 2.22. The number of aliphatic imine (C=N–C) groups is 1. The van der Waals surface area contributed by atoms with Gasteiger partial charge in [-0.3, -0.25) is 4.99 Å². The molecule has 0 atom stereocenters. The second-order valence-corrected chi connectivity index (χ2v) is 5.82. The molecule has 0 aliphatic carbocycles. The summed E-state index contributed by atoms with van der Waals surface area (Å²) in [7, 11) is 3.42. The Kier molecular flexibility index (Phi) is 7.32. The molecular weight excluding hydrogens is 316 g/mol. The first-order chi connectivity index (χ1) is 12.2. The van der Waals surface area contributed by atoms with Gasteiger partial charge in [-0.2, -0.15) is 0 Å². The minimum absolute atomic E-state index is 0.459. The number of benzene rings is 1. The first-order valence-corrected chi connectivity index (χ1v) is 8.73. The van der Waals surface area contributed by atoms with Gasteiger partial charge in [0.15, 0.2) is 11.7 Å². The quantitative estimate of drug-likeness (QED) is 0.567. The monoisotopic (exact) mass is 344 g/mol. The Morgan fingerprint density at radius 2 is 1.92 bits per heavy atom. The Morgan fingerprint density at radius 1 is 1.20 bits per heavy atom. The van der Waals surface area contributed by atoms with Crippen LogP contribution >= 0.6 is 0 Å². The van der Waals surface area contributed by atoms with Crippen molar-refractivity contribution in [1.29, 1.82) is 0 Å². The van der Waals surface area contributed by atoms with Crippen LogP contribution in [0.25, 0.3) is 0 Å². The summed E-state index contributed by atoms with van der Waals surface area (Å²) in [5.41, 5.74) is 2.10. The minimum Gasteiger partial charge on any atom is -0.496 e. The molecule has 0 aliphatic rings. The predicted molar refractivity (Wildman–Crippen MR) is 99.9 cm³/mol. The van der Waals surface area contributed by atoms with E-state index in [1.165, 1.54) is 0 Å². The lowest BCUT2D eigenvalue weighted by atomic mass is 9.99. The molecule has 0 fully saturated rings. The molecular formula is C19H28N4O2. The molecule has 6 nitrogen and oxygen atoms in total. The Balaban J connectivity index is 1.88. The molecule has 2 rings (SSSR count). The zero-order valence-electron chi connectivity index (χ0n) is 15.5. The van der Waals surface area contributed by atoms with E-state index in [2.05, 4.69) is 34.6 Å². The smallest absolute Gasteiger partial charge is 0.191 e. The standard InChI is InChI=1S/C19H28N4O2/c1-5-14(6-2)17-11-16(25-23-17)13-22-19(20-3)21-12-15-9-7-8-10-18(15)24-4/h7-11,14H,5-6,12-13H2,1-4H3,(H2,20,21,22). The SMILES string of the molecule is CCC(CC)c1cc(CNC(=NC)NCc2ccccc2OC)on1. The molecule has 0 saturated carbocycles. The number of nitrogens with one attached hydrogen (secondary N) is 2. The van der Waals surface area contributed by atoms with Crippen molar-refractivity contribution >= 4 is 5.96 Å². The molecule has 0 saturated heterocycles. The van der Waals surface area contributed by atoms with E-state index in [0.717, 1.165) is 35.6 Å². The highest BCUT2D eigenvalue weighted by molar-refractivity contribution is 5.79. The molecule has 1 aromatic heterocycles.